The molecule has 1 aromatic carbocycles. The number of carbonyl (C=O) groups excluding carboxylic acids is 1. The number of fused-ring (bicyclic) bond motifs is 4. The third-order valence-electron chi connectivity index (χ3n) is 5.72. The zero-order chi connectivity index (χ0) is 14.2. The number of hydrogen-bond acceptors (Lipinski definition) is 2. The molecule has 0 bridgehead atoms. The van der Waals surface area contributed by atoms with Gasteiger partial charge in [-0.15, -0.1) is 0 Å². The highest BCUT2D eigenvalue weighted by molar-refractivity contribution is 5.92. The van der Waals surface area contributed by atoms with Crippen molar-refractivity contribution in [1.82, 2.24) is 4.90 Å². The Labute approximate surface area is 126 Å². The highest BCUT2D eigenvalue weighted by Gasteiger charge is 2.38. The van der Waals surface area contributed by atoms with Gasteiger partial charge in [0.25, 0.3) is 0 Å². The highest BCUT2D eigenvalue weighted by atomic mass is 16.1. The molecule has 0 spiro atoms. The Morgan fingerprint density at radius 3 is 2.81 bits per heavy atom. The van der Waals surface area contributed by atoms with Crippen LogP contribution in [0.5, 0.6) is 0 Å². The van der Waals surface area contributed by atoms with Gasteiger partial charge >= 0.3 is 0 Å². The maximum Gasteiger partial charge on any atom is 0.225 e. The minimum atomic E-state index is 0.159. The summed E-state index contributed by atoms with van der Waals surface area (Å²) >= 11 is 0. The standard InChI is InChI=1S/C18H24N2O/c21-18-9-10-20-12-14-6-2-1-5-13(14)11-17(20)15-7-3-4-8-16(15)19-18/h3-4,7-8,13-14,17H,1-2,5-6,9-12H2,(H,19,21)/t13-,14-,17-/m0/s1. The smallest absolute Gasteiger partial charge is 0.225 e. The molecule has 21 heavy (non-hydrogen) atoms. The molecule has 0 unspecified atom stereocenters. The molecule has 112 valence electrons. The second-order valence-corrected chi connectivity index (χ2v) is 6.94. The number of nitrogens with one attached hydrogen (secondary N) is 1. The van der Waals surface area contributed by atoms with Crippen molar-refractivity contribution in [2.75, 3.05) is 18.4 Å². The van der Waals surface area contributed by atoms with Crippen LogP contribution in [0.3, 0.4) is 0 Å². The quantitative estimate of drug-likeness (QED) is 0.789. The van der Waals surface area contributed by atoms with Gasteiger partial charge in [0.1, 0.15) is 0 Å². The predicted octanol–water partition coefficient (Wildman–Crippen LogP) is 3.58. The summed E-state index contributed by atoms with van der Waals surface area (Å²) in [5, 5.41) is 3.10. The Morgan fingerprint density at radius 1 is 1.10 bits per heavy atom. The molecular formula is C18H24N2O. The van der Waals surface area contributed by atoms with Gasteiger partial charge in [0.2, 0.25) is 5.91 Å². The predicted molar refractivity (Wildman–Crippen MR) is 84.1 cm³/mol. The van der Waals surface area contributed by atoms with E-state index in [0.717, 1.165) is 24.1 Å². The first-order valence-electron chi connectivity index (χ1n) is 8.44. The number of piperidine rings is 1. The van der Waals surface area contributed by atoms with Crippen LogP contribution in [-0.2, 0) is 4.79 Å². The molecule has 4 rings (SSSR count). The van der Waals surface area contributed by atoms with Crippen LogP contribution in [0.15, 0.2) is 24.3 Å². The molecule has 2 fully saturated rings. The minimum Gasteiger partial charge on any atom is -0.326 e. The first-order valence-corrected chi connectivity index (χ1v) is 8.44. The highest BCUT2D eigenvalue weighted by Crippen LogP contribution is 2.45. The third-order valence-corrected chi connectivity index (χ3v) is 5.72. The number of benzene rings is 1. The van der Waals surface area contributed by atoms with E-state index in [-0.39, 0.29) is 5.91 Å². The van der Waals surface area contributed by atoms with E-state index in [2.05, 4.69) is 28.4 Å². The van der Waals surface area contributed by atoms with E-state index in [0.29, 0.717) is 12.5 Å². The fourth-order valence-corrected chi connectivity index (χ4v) is 4.63. The summed E-state index contributed by atoms with van der Waals surface area (Å²) in [6, 6.07) is 8.90. The Kier molecular flexibility index (Phi) is 3.46. The molecule has 3 aliphatic rings. The normalized spacial score (nSPS) is 33.0. The van der Waals surface area contributed by atoms with Gasteiger partial charge in [-0.1, -0.05) is 37.5 Å². The number of rotatable bonds is 0. The van der Waals surface area contributed by atoms with Crippen LogP contribution in [0, 0.1) is 11.8 Å². The molecular weight excluding hydrogens is 260 g/mol. The lowest BCUT2D eigenvalue weighted by molar-refractivity contribution is -0.117. The van der Waals surface area contributed by atoms with Crippen LogP contribution in [-0.4, -0.2) is 23.9 Å². The Hall–Kier alpha value is -1.35. The summed E-state index contributed by atoms with van der Waals surface area (Å²) in [6.07, 6.45) is 7.51. The van der Waals surface area contributed by atoms with Gasteiger partial charge in [-0.25, -0.2) is 0 Å². The lowest BCUT2D eigenvalue weighted by Crippen LogP contribution is -2.45. The summed E-state index contributed by atoms with van der Waals surface area (Å²) in [4.78, 5) is 14.6. The van der Waals surface area contributed by atoms with Gasteiger partial charge in [-0.2, -0.15) is 0 Å². The van der Waals surface area contributed by atoms with E-state index in [1.54, 1.807) is 0 Å². The molecule has 1 saturated carbocycles. The van der Waals surface area contributed by atoms with Crippen molar-refractivity contribution in [3.8, 4) is 0 Å². The maximum atomic E-state index is 12.0. The SMILES string of the molecule is O=C1CCN2C[C@@H]3CCCC[C@H]3C[C@H]2c2ccccc2N1. The average molecular weight is 284 g/mol. The molecule has 1 aromatic rings. The Morgan fingerprint density at radius 2 is 1.90 bits per heavy atom. The zero-order valence-electron chi connectivity index (χ0n) is 12.6. The molecule has 3 atom stereocenters. The number of carbonyl (C=O) groups is 1. The second-order valence-electron chi connectivity index (χ2n) is 6.94. The fraction of sp³-hybridized carbons (Fsp3) is 0.611. The van der Waals surface area contributed by atoms with E-state index < -0.39 is 0 Å². The summed E-state index contributed by atoms with van der Waals surface area (Å²) in [7, 11) is 0. The molecule has 2 heterocycles. The summed E-state index contributed by atoms with van der Waals surface area (Å²) in [6.45, 7) is 2.10. The van der Waals surface area contributed by atoms with E-state index in [4.69, 9.17) is 0 Å². The molecule has 1 N–H and O–H groups in total. The first-order chi connectivity index (χ1) is 10.3. The van der Waals surface area contributed by atoms with Crippen molar-refractivity contribution in [2.24, 2.45) is 11.8 Å². The summed E-state index contributed by atoms with van der Waals surface area (Å²) in [5.74, 6) is 1.92. The summed E-state index contributed by atoms with van der Waals surface area (Å²) in [5.41, 5.74) is 2.36. The average Bonchev–Trinajstić information content (AvgIpc) is 2.51. The van der Waals surface area contributed by atoms with Gasteiger partial charge in [0.15, 0.2) is 0 Å². The number of amides is 1. The lowest BCUT2D eigenvalue weighted by atomic mass is 9.71. The van der Waals surface area contributed by atoms with E-state index >= 15 is 0 Å². The Bertz CT molecular complexity index is 542. The Balaban J connectivity index is 1.69. The van der Waals surface area contributed by atoms with Gasteiger partial charge in [-0.05, 0) is 36.3 Å². The number of anilines is 1. The van der Waals surface area contributed by atoms with E-state index in [9.17, 15) is 4.79 Å². The van der Waals surface area contributed by atoms with Crippen molar-refractivity contribution in [2.45, 2.75) is 44.6 Å². The monoisotopic (exact) mass is 284 g/mol. The lowest BCUT2D eigenvalue weighted by Gasteiger charge is -2.47. The second kappa shape index (κ2) is 5.45. The van der Waals surface area contributed by atoms with Gasteiger partial charge in [0, 0.05) is 31.2 Å². The van der Waals surface area contributed by atoms with Crippen molar-refractivity contribution < 1.29 is 4.79 Å². The van der Waals surface area contributed by atoms with Crippen LogP contribution in [0.25, 0.3) is 0 Å². The molecule has 3 nitrogen and oxygen atoms in total. The van der Waals surface area contributed by atoms with Gasteiger partial charge < -0.3 is 5.32 Å². The number of nitrogens with zero attached hydrogens (tertiary/aromatic N) is 1. The van der Waals surface area contributed by atoms with Crippen molar-refractivity contribution in [3.05, 3.63) is 29.8 Å². The molecule has 1 aliphatic carbocycles. The van der Waals surface area contributed by atoms with Crippen LogP contribution in [0.4, 0.5) is 5.69 Å². The first kappa shape index (κ1) is 13.3. The van der Waals surface area contributed by atoms with Gasteiger partial charge in [-0.3, -0.25) is 9.69 Å². The van der Waals surface area contributed by atoms with E-state index in [1.807, 2.05) is 6.07 Å². The molecule has 1 saturated heterocycles. The largest absolute Gasteiger partial charge is 0.326 e. The molecule has 3 heteroatoms. The third kappa shape index (κ3) is 2.48. The van der Waals surface area contributed by atoms with Crippen molar-refractivity contribution in [3.63, 3.8) is 0 Å². The topological polar surface area (TPSA) is 32.3 Å². The molecule has 0 radical (unpaired) electrons. The zero-order valence-corrected chi connectivity index (χ0v) is 12.6. The minimum absolute atomic E-state index is 0.159. The molecule has 0 aromatic heterocycles. The van der Waals surface area contributed by atoms with Crippen LogP contribution in [0.2, 0.25) is 0 Å². The fourth-order valence-electron chi connectivity index (χ4n) is 4.63. The van der Waals surface area contributed by atoms with Crippen LogP contribution < -0.4 is 5.32 Å². The van der Waals surface area contributed by atoms with Crippen molar-refractivity contribution in [1.29, 1.82) is 0 Å². The van der Waals surface area contributed by atoms with Crippen LogP contribution in [0.1, 0.15) is 50.1 Å². The van der Waals surface area contributed by atoms with E-state index in [1.165, 1.54) is 44.2 Å². The molecule has 1 amide bonds. The number of hydrogen-bond donors (Lipinski definition) is 1. The summed E-state index contributed by atoms with van der Waals surface area (Å²) < 4.78 is 0. The molecule has 2 aliphatic heterocycles. The van der Waals surface area contributed by atoms with Crippen LogP contribution >= 0.6 is 0 Å². The van der Waals surface area contributed by atoms with Crippen molar-refractivity contribution >= 4 is 11.6 Å². The maximum absolute atomic E-state index is 12.0. The number of para-hydroxylation sites is 1. The van der Waals surface area contributed by atoms with Gasteiger partial charge in [0.05, 0.1) is 0 Å².